The molecule has 0 radical (unpaired) electrons. The number of thioether (sulfide) groups is 1. The van der Waals surface area contributed by atoms with Crippen LogP contribution >= 0.6 is 23.1 Å². The summed E-state index contributed by atoms with van der Waals surface area (Å²) < 4.78 is 13.9. The van der Waals surface area contributed by atoms with Crippen LogP contribution < -0.4 is 5.32 Å². The fourth-order valence-corrected chi connectivity index (χ4v) is 3.55. The van der Waals surface area contributed by atoms with Gasteiger partial charge in [-0.05, 0) is 37.0 Å². The van der Waals surface area contributed by atoms with Crippen LogP contribution in [0.15, 0.2) is 28.6 Å². The highest BCUT2D eigenvalue weighted by atomic mass is 32.2. The third-order valence-corrected chi connectivity index (χ3v) is 5.06. The lowest BCUT2D eigenvalue weighted by Gasteiger charge is -2.00. The number of amides is 1. The van der Waals surface area contributed by atoms with Crippen molar-refractivity contribution in [2.24, 2.45) is 5.92 Å². The van der Waals surface area contributed by atoms with Crippen molar-refractivity contribution in [2.45, 2.75) is 17.2 Å². The molecule has 1 heterocycles. The lowest BCUT2D eigenvalue weighted by molar-refractivity contribution is 0.102. The lowest BCUT2D eigenvalue weighted by atomic mass is 10.2. The minimum atomic E-state index is -0.435. The molecule has 1 aliphatic carbocycles. The normalized spacial score (nSPS) is 14.2. The summed E-state index contributed by atoms with van der Waals surface area (Å²) in [6.07, 6.45) is 2.60. The Kier molecular flexibility index (Phi) is 3.98. The summed E-state index contributed by atoms with van der Waals surface area (Å²) in [5.74, 6) is 1.07. The Morgan fingerprint density at radius 3 is 3.05 bits per heavy atom. The molecule has 1 aromatic heterocycles. The minimum Gasteiger partial charge on any atom is -0.296 e. The van der Waals surface area contributed by atoms with Crippen LogP contribution in [0.3, 0.4) is 0 Å². The fourth-order valence-electron chi connectivity index (χ4n) is 1.59. The highest BCUT2D eigenvalue weighted by molar-refractivity contribution is 8.01. The van der Waals surface area contributed by atoms with Gasteiger partial charge in [-0.3, -0.25) is 10.1 Å². The molecule has 0 spiro atoms. The van der Waals surface area contributed by atoms with E-state index in [1.54, 1.807) is 17.8 Å². The molecule has 1 N–H and O–H groups in total. The third kappa shape index (κ3) is 3.55. The van der Waals surface area contributed by atoms with Crippen molar-refractivity contribution in [1.82, 2.24) is 10.2 Å². The van der Waals surface area contributed by atoms with Crippen LogP contribution in [0, 0.1) is 11.7 Å². The molecule has 1 fully saturated rings. The zero-order chi connectivity index (χ0) is 13.9. The van der Waals surface area contributed by atoms with Crippen molar-refractivity contribution in [3.05, 3.63) is 35.6 Å². The van der Waals surface area contributed by atoms with E-state index in [0.29, 0.717) is 5.13 Å². The molecule has 1 saturated carbocycles. The first kappa shape index (κ1) is 13.5. The number of nitrogens with zero attached hydrogens (tertiary/aromatic N) is 2. The molecule has 0 saturated heterocycles. The van der Waals surface area contributed by atoms with Crippen LogP contribution in [0.25, 0.3) is 0 Å². The van der Waals surface area contributed by atoms with Crippen LogP contribution in [0.4, 0.5) is 9.52 Å². The van der Waals surface area contributed by atoms with Gasteiger partial charge < -0.3 is 0 Å². The SMILES string of the molecule is O=C(Nc1nnc(SCC2CC2)s1)c1cccc(F)c1. The molecule has 0 unspecified atom stereocenters. The summed E-state index contributed by atoms with van der Waals surface area (Å²) in [4.78, 5) is 11.9. The summed E-state index contributed by atoms with van der Waals surface area (Å²) in [7, 11) is 0. The van der Waals surface area contributed by atoms with Crippen molar-refractivity contribution < 1.29 is 9.18 Å². The highest BCUT2D eigenvalue weighted by Gasteiger charge is 2.22. The number of hydrogen-bond acceptors (Lipinski definition) is 5. The summed E-state index contributed by atoms with van der Waals surface area (Å²) in [5.41, 5.74) is 0.271. The average molecular weight is 309 g/mol. The zero-order valence-corrected chi connectivity index (χ0v) is 12.1. The van der Waals surface area contributed by atoms with E-state index in [9.17, 15) is 9.18 Å². The van der Waals surface area contributed by atoms with Crippen LogP contribution in [0.1, 0.15) is 23.2 Å². The van der Waals surface area contributed by atoms with Gasteiger partial charge in [0.25, 0.3) is 5.91 Å². The molecule has 1 amide bonds. The largest absolute Gasteiger partial charge is 0.296 e. The van der Waals surface area contributed by atoms with E-state index in [0.717, 1.165) is 16.0 Å². The fraction of sp³-hybridized carbons (Fsp3) is 0.308. The maximum Gasteiger partial charge on any atom is 0.257 e. The molecule has 1 aliphatic rings. The second-order valence-corrected chi connectivity index (χ2v) is 6.84. The van der Waals surface area contributed by atoms with Crippen LogP contribution in [-0.2, 0) is 0 Å². The summed E-state index contributed by atoms with van der Waals surface area (Å²) in [6.45, 7) is 0. The van der Waals surface area contributed by atoms with E-state index in [4.69, 9.17) is 0 Å². The monoisotopic (exact) mass is 309 g/mol. The Morgan fingerprint density at radius 2 is 2.30 bits per heavy atom. The van der Waals surface area contributed by atoms with Gasteiger partial charge >= 0.3 is 0 Å². The highest BCUT2D eigenvalue weighted by Crippen LogP contribution is 2.36. The summed E-state index contributed by atoms with van der Waals surface area (Å²) in [6, 6.07) is 5.55. The first-order valence-electron chi connectivity index (χ1n) is 6.24. The van der Waals surface area contributed by atoms with E-state index in [-0.39, 0.29) is 11.5 Å². The predicted octanol–water partition coefficient (Wildman–Crippen LogP) is 3.43. The first-order valence-corrected chi connectivity index (χ1v) is 8.04. The molecule has 4 nitrogen and oxygen atoms in total. The number of aromatic nitrogens is 2. The second kappa shape index (κ2) is 5.88. The summed E-state index contributed by atoms with van der Waals surface area (Å²) >= 11 is 3.02. The van der Waals surface area contributed by atoms with Crippen molar-refractivity contribution >= 4 is 34.1 Å². The number of hydrogen-bond donors (Lipinski definition) is 1. The molecular formula is C13H12FN3OS2. The molecule has 2 aromatic rings. The molecule has 20 heavy (non-hydrogen) atoms. The molecule has 0 atom stereocenters. The summed E-state index contributed by atoms with van der Waals surface area (Å²) in [5, 5.41) is 11.0. The first-order chi connectivity index (χ1) is 9.70. The average Bonchev–Trinajstić information content (AvgIpc) is 3.16. The molecule has 3 rings (SSSR count). The van der Waals surface area contributed by atoms with Gasteiger partial charge in [0.15, 0.2) is 4.34 Å². The van der Waals surface area contributed by atoms with Gasteiger partial charge in [-0.25, -0.2) is 4.39 Å². The Balaban J connectivity index is 1.60. The van der Waals surface area contributed by atoms with E-state index in [1.165, 1.54) is 42.4 Å². The van der Waals surface area contributed by atoms with Crippen LogP contribution in [-0.4, -0.2) is 21.9 Å². The number of nitrogens with one attached hydrogen (secondary N) is 1. The van der Waals surface area contributed by atoms with Gasteiger partial charge in [-0.15, -0.1) is 10.2 Å². The van der Waals surface area contributed by atoms with E-state index in [1.807, 2.05) is 0 Å². The maximum atomic E-state index is 13.0. The van der Waals surface area contributed by atoms with Gasteiger partial charge in [0.05, 0.1) is 0 Å². The second-order valence-electron chi connectivity index (χ2n) is 4.59. The Hall–Kier alpha value is -1.47. The molecule has 104 valence electrons. The van der Waals surface area contributed by atoms with Gasteiger partial charge in [0, 0.05) is 11.3 Å². The van der Waals surface area contributed by atoms with Gasteiger partial charge in [-0.2, -0.15) is 0 Å². The zero-order valence-electron chi connectivity index (χ0n) is 10.5. The third-order valence-electron chi connectivity index (χ3n) is 2.85. The van der Waals surface area contributed by atoms with Gasteiger partial charge in [0.2, 0.25) is 5.13 Å². The number of anilines is 1. The Labute approximate surface area is 123 Å². The minimum absolute atomic E-state index is 0.271. The molecule has 0 aliphatic heterocycles. The Bertz CT molecular complexity index is 628. The number of rotatable bonds is 5. The standard InChI is InChI=1S/C13H12FN3OS2/c14-10-3-1-2-9(6-10)11(18)15-12-16-17-13(20-12)19-7-8-4-5-8/h1-3,6,8H,4-5,7H2,(H,15,16,18). The number of carbonyl (C=O) groups is 1. The molecular weight excluding hydrogens is 297 g/mol. The van der Waals surface area contributed by atoms with Gasteiger partial charge in [-0.1, -0.05) is 29.2 Å². The molecule has 1 aromatic carbocycles. The predicted molar refractivity (Wildman–Crippen MR) is 77.7 cm³/mol. The topological polar surface area (TPSA) is 54.9 Å². The van der Waals surface area contributed by atoms with Gasteiger partial charge in [0.1, 0.15) is 5.82 Å². The molecule has 7 heteroatoms. The lowest BCUT2D eigenvalue weighted by Crippen LogP contribution is -2.11. The van der Waals surface area contributed by atoms with Crippen molar-refractivity contribution in [2.75, 3.05) is 11.1 Å². The Morgan fingerprint density at radius 1 is 1.45 bits per heavy atom. The quantitative estimate of drug-likeness (QED) is 0.679. The molecule has 0 bridgehead atoms. The van der Waals surface area contributed by atoms with Crippen LogP contribution in [0.5, 0.6) is 0 Å². The van der Waals surface area contributed by atoms with E-state index >= 15 is 0 Å². The van der Waals surface area contributed by atoms with E-state index in [2.05, 4.69) is 15.5 Å². The van der Waals surface area contributed by atoms with E-state index < -0.39 is 5.82 Å². The van der Waals surface area contributed by atoms with Crippen molar-refractivity contribution in [1.29, 1.82) is 0 Å². The number of benzene rings is 1. The maximum absolute atomic E-state index is 13.0. The number of halogens is 1. The van der Waals surface area contributed by atoms with Crippen molar-refractivity contribution in [3.8, 4) is 0 Å². The number of carbonyl (C=O) groups excluding carboxylic acids is 1. The smallest absolute Gasteiger partial charge is 0.257 e. The van der Waals surface area contributed by atoms with Crippen molar-refractivity contribution in [3.63, 3.8) is 0 Å². The van der Waals surface area contributed by atoms with Crippen LogP contribution in [0.2, 0.25) is 0 Å².